The van der Waals surface area contributed by atoms with Gasteiger partial charge in [-0.2, -0.15) is 0 Å². The Morgan fingerprint density at radius 1 is 1.00 bits per heavy atom. The molecule has 0 fully saturated rings. The first-order chi connectivity index (χ1) is 13.1. The number of hydrogen-bond acceptors (Lipinski definition) is 5. The number of ether oxygens (including phenoxy) is 1. The van der Waals surface area contributed by atoms with Crippen molar-refractivity contribution >= 4 is 17.5 Å². The smallest absolute Gasteiger partial charge is 0.254 e. The van der Waals surface area contributed by atoms with E-state index in [9.17, 15) is 4.79 Å². The van der Waals surface area contributed by atoms with E-state index in [0.29, 0.717) is 18.1 Å². The number of para-hydroxylation sites is 2. The molecule has 0 atom stereocenters. The number of aromatic nitrogens is 2. The predicted octanol–water partition coefficient (Wildman–Crippen LogP) is 3.78. The molecule has 3 aromatic rings. The predicted molar refractivity (Wildman–Crippen MR) is 105 cm³/mol. The van der Waals surface area contributed by atoms with Crippen LogP contribution in [0.5, 0.6) is 5.75 Å². The number of nitrogens with one attached hydrogen (secondary N) is 2. The van der Waals surface area contributed by atoms with Crippen LogP contribution < -0.4 is 15.4 Å². The highest BCUT2D eigenvalue weighted by atomic mass is 16.5. The quantitative estimate of drug-likeness (QED) is 0.698. The Bertz CT molecular complexity index is 919. The van der Waals surface area contributed by atoms with Crippen molar-refractivity contribution in [3.05, 3.63) is 77.1 Å². The van der Waals surface area contributed by atoms with Gasteiger partial charge in [-0.05, 0) is 31.0 Å². The molecule has 1 aromatic heterocycles. The number of amides is 1. The molecule has 1 amide bonds. The molecule has 0 saturated carbocycles. The van der Waals surface area contributed by atoms with E-state index >= 15 is 0 Å². The van der Waals surface area contributed by atoms with E-state index in [2.05, 4.69) is 20.6 Å². The Kier molecular flexibility index (Phi) is 5.66. The van der Waals surface area contributed by atoms with Crippen LogP contribution in [0.25, 0.3) is 0 Å². The molecule has 6 nitrogen and oxygen atoms in total. The van der Waals surface area contributed by atoms with E-state index in [1.54, 1.807) is 7.11 Å². The Hall–Kier alpha value is -3.41. The van der Waals surface area contributed by atoms with Crippen LogP contribution in [-0.2, 0) is 6.54 Å². The van der Waals surface area contributed by atoms with Crippen molar-refractivity contribution in [2.45, 2.75) is 20.4 Å². The summed E-state index contributed by atoms with van der Waals surface area (Å²) < 4.78 is 5.29. The first kappa shape index (κ1) is 18.4. The van der Waals surface area contributed by atoms with Crippen molar-refractivity contribution in [1.29, 1.82) is 0 Å². The van der Waals surface area contributed by atoms with Gasteiger partial charge in [-0.1, -0.05) is 36.4 Å². The van der Waals surface area contributed by atoms with E-state index in [-0.39, 0.29) is 5.91 Å². The summed E-state index contributed by atoms with van der Waals surface area (Å²) in [5, 5.41) is 6.07. The first-order valence-corrected chi connectivity index (χ1v) is 8.64. The summed E-state index contributed by atoms with van der Waals surface area (Å²) in [6, 6.07) is 13.6. The fraction of sp³-hybridized carbons (Fsp3) is 0.190. The average molecular weight is 362 g/mol. The lowest BCUT2D eigenvalue weighted by atomic mass is 10.1. The minimum absolute atomic E-state index is 0.237. The van der Waals surface area contributed by atoms with Crippen LogP contribution in [-0.4, -0.2) is 23.0 Å². The summed E-state index contributed by atoms with van der Waals surface area (Å²) in [5.41, 5.74) is 4.50. The molecular formula is C21H22N4O2. The molecular weight excluding hydrogens is 340 g/mol. The normalized spacial score (nSPS) is 10.3. The second-order valence-electron chi connectivity index (χ2n) is 6.18. The maximum Gasteiger partial charge on any atom is 0.254 e. The van der Waals surface area contributed by atoms with Crippen LogP contribution in [0.3, 0.4) is 0 Å². The van der Waals surface area contributed by atoms with Gasteiger partial charge in [0.15, 0.2) is 0 Å². The minimum Gasteiger partial charge on any atom is -0.496 e. The van der Waals surface area contributed by atoms with Gasteiger partial charge in [-0.3, -0.25) is 4.79 Å². The number of nitrogens with zero attached hydrogens (tertiary/aromatic N) is 2. The summed E-state index contributed by atoms with van der Waals surface area (Å²) in [6.07, 6.45) is 3.03. The Morgan fingerprint density at radius 3 is 2.33 bits per heavy atom. The second kappa shape index (κ2) is 8.31. The van der Waals surface area contributed by atoms with Gasteiger partial charge in [-0.15, -0.1) is 0 Å². The van der Waals surface area contributed by atoms with Gasteiger partial charge in [0, 0.05) is 30.2 Å². The summed E-state index contributed by atoms with van der Waals surface area (Å²) in [5.74, 6) is 0.954. The third-order valence-electron chi connectivity index (χ3n) is 4.26. The maximum absolute atomic E-state index is 12.3. The average Bonchev–Trinajstić information content (AvgIpc) is 2.69. The van der Waals surface area contributed by atoms with Crippen LogP contribution in [0.15, 0.2) is 54.9 Å². The van der Waals surface area contributed by atoms with Crippen molar-refractivity contribution in [1.82, 2.24) is 15.3 Å². The highest BCUT2D eigenvalue weighted by molar-refractivity contribution is 5.93. The number of hydrogen-bond donors (Lipinski definition) is 2. The standard InChI is InChI=1S/C21H22N4O2/c1-14-7-6-8-15(2)19(14)25-21-23-12-17(13-24-21)20(26)22-11-16-9-4-5-10-18(16)27-3/h4-10,12-13H,11H2,1-3H3,(H,22,26)(H,23,24,25). The molecule has 0 radical (unpaired) electrons. The first-order valence-electron chi connectivity index (χ1n) is 8.64. The highest BCUT2D eigenvalue weighted by Gasteiger charge is 2.10. The van der Waals surface area contributed by atoms with Crippen LogP contribution in [0, 0.1) is 13.8 Å². The van der Waals surface area contributed by atoms with E-state index < -0.39 is 0 Å². The third kappa shape index (κ3) is 4.41. The summed E-state index contributed by atoms with van der Waals surface area (Å²) in [7, 11) is 1.61. The SMILES string of the molecule is COc1ccccc1CNC(=O)c1cnc(Nc2c(C)cccc2C)nc1. The largest absolute Gasteiger partial charge is 0.496 e. The Morgan fingerprint density at radius 2 is 1.67 bits per heavy atom. The zero-order valence-corrected chi connectivity index (χ0v) is 15.6. The zero-order valence-electron chi connectivity index (χ0n) is 15.6. The van der Waals surface area contributed by atoms with Crippen LogP contribution in [0.4, 0.5) is 11.6 Å². The molecule has 0 spiro atoms. The van der Waals surface area contributed by atoms with Gasteiger partial charge in [0.1, 0.15) is 5.75 Å². The molecule has 0 bridgehead atoms. The molecule has 0 aliphatic heterocycles. The number of rotatable bonds is 6. The molecule has 0 unspecified atom stereocenters. The number of carbonyl (C=O) groups excluding carboxylic acids is 1. The molecule has 1 heterocycles. The fourth-order valence-corrected chi connectivity index (χ4v) is 2.76. The van der Waals surface area contributed by atoms with Crippen LogP contribution in [0.1, 0.15) is 27.0 Å². The molecule has 138 valence electrons. The summed E-state index contributed by atoms with van der Waals surface area (Å²) in [6.45, 7) is 4.41. The van der Waals surface area contributed by atoms with Gasteiger partial charge in [-0.25, -0.2) is 9.97 Å². The fourth-order valence-electron chi connectivity index (χ4n) is 2.76. The number of aryl methyl sites for hydroxylation is 2. The van der Waals surface area contributed by atoms with E-state index in [4.69, 9.17) is 4.74 Å². The van der Waals surface area contributed by atoms with E-state index in [1.165, 1.54) is 12.4 Å². The monoisotopic (exact) mass is 362 g/mol. The molecule has 6 heteroatoms. The van der Waals surface area contributed by atoms with Gasteiger partial charge in [0.05, 0.1) is 12.7 Å². The van der Waals surface area contributed by atoms with Crippen molar-refractivity contribution in [2.24, 2.45) is 0 Å². The number of benzene rings is 2. The Balaban J connectivity index is 1.65. The van der Waals surface area contributed by atoms with Crippen molar-refractivity contribution < 1.29 is 9.53 Å². The summed E-state index contributed by atoms with van der Waals surface area (Å²) >= 11 is 0. The third-order valence-corrected chi connectivity index (χ3v) is 4.26. The number of anilines is 2. The topological polar surface area (TPSA) is 76.1 Å². The molecule has 0 saturated heterocycles. The molecule has 27 heavy (non-hydrogen) atoms. The van der Waals surface area contributed by atoms with Gasteiger partial charge in [0.25, 0.3) is 5.91 Å². The molecule has 0 aliphatic rings. The lowest BCUT2D eigenvalue weighted by Gasteiger charge is -2.12. The van der Waals surface area contributed by atoms with E-state index in [1.807, 2.05) is 56.3 Å². The minimum atomic E-state index is -0.237. The lowest BCUT2D eigenvalue weighted by molar-refractivity contribution is 0.0950. The van der Waals surface area contributed by atoms with Crippen molar-refractivity contribution in [3.63, 3.8) is 0 Å². The Labute approximate surface area is 158 Å². The van der Waals surface area contributed by atoms with Crippen LogP contribution in [0.2, 0.25) is 0 Å². The van der Waals surface area contributed by atoms with Crippen molar-refractivity contribution in [3.8, 4) is 5.75 Å². The second-order valence-corrected chi connectivity index (χ2v) is 6.18. The van der Waals surface area contributed by atoms with Crippen LogP contribution >= 0.6 is 0 Å². The highest BCUT2D eigenvalue weighted by Crippen LogP contribution is 2.22. The van der Waals surface area contributed by atoms with Gasteiger partial charge >= 0.3 is 0 Å². The molecule has 3 rings (SSSR count). The molecule has 2 N–H and O–H groups in total. The van der Waals surface area contributed by atoms with Crippen molar-refractivity contribution in [2.75, 3.05) is 12.4 Å². The molecule has 2 aromatic carbocycles. The summed E-state index contributed by atoms with van der Waals surface area (Å²) in [4.78, 5) is 20.9. The van der Waals surface area contributed by atoms with Gasteiger partial charge < -0.3 is 15.4 Å². The zero-order chi connectivity index (χ0) is 19.2. The maximum atomic E-state index is 12.3. The number of methoxy groups -OCH3 is 1. The molecule has 0 aliphatic carbocycles. The van der Waals surface area contributed by atoms with Gasteiger partial charge in [0.2, 0.25) is 5.95 Å². The van der Waals surface area contributed by atoms with E-state index in [0.717, 1.165) is 28.1 Å². The number of carbonyl (C=O) groups is 1. The lowest BCUT2D eigenvalue weighted by Crippen LogP contribution is -2.23.